The van der Waals surface area contributed by atoms with Crippen LogP contribution in [0.3, 0.4) is 0 Å². The molecule has 0 bridgehead atoms. The van der Waals surface area contributed by atoms with E-state index in [9.17, 15) is 24.5 Å². The number of carbonyl (C=O) groups excluding carboxylic acids is 3. The second-order valence-electron chi connectivity index (χ2n) is 3.93. The van der Waals surface area contributed by atoms with Crippen LogP contribution in [0.2, 0.25) is 0 Å². The smallest absolute Gasteiger partial charge is 0.323 e. The van der Waals surface area contributed by atoms with Crippen molar-refractivity contribution in [2.75, 3.05) is 6.61 Å². The number of non-ortho nitro benzene ring substituents is 1. The molecule has 7 nitrogen and oxygen atoms in total. The van der Waals surface area contributed by atoms with Crippen molar-refractivity contribution in [3.63, 3.8) is 0 Å². The average Bonchev–Trinajstić information content (AvgIpc) is 2.40. The van der Waals surface area contributed by atoms with Gasteiger partial charge in [0.15, 0.2) is 11.7 Å². The monoisotopic (exact) mass is 279 g/mol. The van der Waals surface area contributed by atoms with Crippen molar-refractivity contribution in [3.05, 3.63) is 39.9 Å². The van der Waals surface area contributed by atoms with Crippen LogP contribution in [0.4, 0.5) is 5.69 Å². The van der Waals surface area contributed by atoms with Gasteiger partial charge in [0.05, 0.1) is 11.5 Å². The largest absolute Gasteiger partial charge is 0.465 e. The SMILES string of the molecule is CCOC(=O)C(C=O)C(=O)Cc1ccc([N+](=O)[O-])cc1. The molecule has 0 saturated heterocycles. The van der Waals surface area contributed by atoms with Gasteiger partial charge in [-0.05, 0) is 12.5 Å². The highest BCUT2D eigenvalue weighted by Gasteiger charge is 2.27. The van der Waals surface area contributed by atoms with E-state index >= 15 is 0 Å². The van der Waals surface area contributed by atoms with Gasteiger partial charge in [0.2, 0.25) is 0 Å². The zero-order valence-electron chi connectivity index (χ0n) is 10.8. The van der Waals surface area contributed by atoms with Crippen LogP contribution >= 0.6 is 0 Å². The fourth-order valence-electron chi connectivity index (χ4n) is 1.54. The van der Waals surface area contributed by atoms with Gasteiger partial charge in [-0.3, -0.25) is 19.7 Å². The molecule has 1 atom stereocenters. The molecule has 1 aromatic carbocycles. The Morgan fingerprint density at radius 3 is 2.40 bits per heavy atom. The zero-order chi connectivity index (χ0) is 15.1. The highest BCUT2D eigenvalue weighted by molar-refractivity contribution is 6.11. The minimum absolute atomic E-state index is 0.0774. The average molecular weight is 279 g/mol. The van der Waals surface area contributed by atoms with Crippen LogP contribution in [-0.2, 0) is 25.5 Å². The van der Waals surface area contributed by atoms with E-state index in [1.807, 2.05) is 0 Å². The fourth-order valence-corrected chi connectivity index (χ4v) is 1.54. The summed E-state index contributed by atoms with van der Waals surface area (Å²) < 4.78 is 4.62. The number of aldehydes is 1. The first-order valence-corrected chi connectivity index (χ1v) is 5.87. The summed E-state index contributed by atoms with van der Waals surface area (Å²) in [4.78, 5) is 43.9. The lowest BCUT2D eigenvalue weighted by Crippen LogP contribution is -2.28. The van der Waals surface area contributed by atoms with Crippen LogP contribution in [0.1, 0.15) is 12.5 Å². The van der Waals surface area contributed by atoms with E-state index in [0.717, 1.165) is 0 Å². The molecule has 7 heteroatoms. The van der Waals surface area contributed by atoms with Crippen LogP contribution < -0.4 is 0 Å². The summed E-state index contributed by atoms with van der Waals surface area (Å²) in [7, 11) is 0. The lowest BCUT2D eigenvalue weighted by atomic mass is 9.99. The zero-order valence-corrected chi connectivity index (χ0v) is 10.8. The Morgan fingerprint density at radius 1 is 1.35 bits per heavy atom. The summed E-state index contributed by atoms with van der Waals surface area (Å²) in [6, 6.07) is 5.32. The fraction of sp³-hybridized carbons (Fsp3) is 0.308. The summed E-state index contributed by atoms with van der Waals surface area (Å²) in [5, 5.41) is 10.5. The summed E-state index contributed by atoms with van der Waals surface area (Å²) in [5.41, 5.74) is 0.385. The van der Waals surface area contributed by atoms with Gasteiger partial charge in [-0.25, -0.2) is 0 Å². The lowest BCUT2D eigenvalue weighted by molar-refractivity contribution is -0.384. The van der Waals surface area contributed by atoms with Crippen LogP contribution in [0, 0.1) is 16.0 Å². The molecule has 1 rings (SSSR count). The molecular weight excluding hydrogens is 266 g/mol. The highest BCUT2D eigenvalue weighted by atomic mass is 16.6. The Bertz CT molecular complexity index is 522. The molecule has 0 aliphatic carbocycles. The molecule has 0 aliphatic heterocycles. The third kappa shape index (κ3) is 3.98. The number of ketones is 1. The summed E-state index contributed by atoms with van der Waals surface area (Å²) in [6.07, 6.45) is 0.0753. The van der Waals surface area contributed by atoms with Crippen molar-refractivity contribution in [1.29, 1.82) is 0 Å². The van der Waals surface area contributed by atoms with Crippen LogP contribution in [0.25, 0.3) is 0 Å². The number of hydrogen-bond donors (Lipinski definition) is 0. The van der Waals surface area contributed by atoms with E-state index in [1.165, 1.54) is 24.3 Å². The van der Waals surface area contributed by atoms with Crippen molar-refractivity contribution in [2.45, 2.75) is 13.3 Å². The number of nitro groups is 1. The number of benzene rings is 1. The van der Waals surface area contributed by atoms with Gasteiger partial charge in [-0.2, -0.15) is 0 Å². The molecule has 0 saturated carbocycles. The van der Waals surface area contributed by atoms with E-state index in [4.69, 9.17) is 0 Å². The Labute approximate surface area is 114 Å². The van der Waals surface area contributed by atoms with Gasteiger partial charge in [-0.1, -0.05) is 12.1 Å². The molecule has 1 unspecified atom stereocenters. The molecule has 0 aliphatic rings. The number of nitrogens with zero attached hydrogens (tertiary/aromatic N) is 1. The number of Topliss-reactive ketones (excluding diaryl/α,β-unsaturated/α-hetero) is 1. The first kappa shape index (κ1) is 15.5. The first-order valence-electron chi connectivity index (χ1n) is 5.87. The maximum atomic E-state index is 11.8. The van der Waals surface area contributed by atoms with Gasteiger partial charge < -0.3 is 9.53 Å². The number of rotatable bonds is 7. The van der Waals surface area contributed by atoms with Gasteiger partial charge in [0.25, 0.3) is 5.69 Å². The number of nitro benzene ring substituents is 1. The Morgan fingerprint density at radius 2 is 1.95 bits per heavy atom. The molecule has 0 aromatic heterocycles. The Kier molecular flexibility index (Phi) is 5.52. The van der Waals surface area contributed by atoms with Crippen molar-refractivity contribution in [3.8, 4) is 0 Å². The molecular formula is C13H13NO6. The van der Waals surface area contributed by atoms with Gasteiger partial charge in [-0.15, -0.1) is 0 Å². The quantitative estimate of drug-likeness (QED) is 0.243. The molecule has 20 heavy (non-hydrogen) atoms. The molecule has 1 aromatic rings. The third-order valence-electron chi connectivity index (χ3n) is 2.55. The molecule has 106 valence electrons. The normalized spacial score (nSPS) is 11.4. The summed E-state index contributed by atoms with van der Waals surface area (Å²) in [6.45, 7) is 1.65. The predicted octanol–water partition coefficient (Wildman–Crippen LogP) is 1.08. The van der Waals surface area contributed by atoms with Gasteiger partial charge >= 0.3 is 5.97 Å². The van der Waals surface area contributed by atoms with Crippen LogP contribution in [-0.4, -0.2) is 29.6 Å². The van der Waals surface area contributed by atoms with Crippen molar-refractivity contribution >= 4 is 23.7 Å². The summed E-state index contributed by atoms with van der Waals surface area (Å²) in [5.74, 6) is -2.94. The second kappa shape index (κ2) is 7.13. The van der Waals surface area contributed by atoms with E-state index < -0.39 is 22.6 Å². The van der Waals surface area contributed by atoms with Crippen molar-refractivity contribution in [2.24, 2.45) is 5.92 Å². The van der Waals surface area contributed by atoms with E-state index in [0.29, 0.717) is 5.56 Å². The number of carbonyl (C=O) groups is 3. The predicted molar refractivity (Wildman–Crippen MR) is 68.0 cm³/mol. The van der Waals surface area contributed by atoms with Crippen LogP contribution in [0.5, 0.6) is 0 Å². The molecule has 0 heterocycles. The van der Waals surface area contributed by atoms with Gasteiger partial charge in [0.1, 0.15) is 6.29 Å². The maximum absolute atomic E-state index is 11.8. The molecule has 0 fully saturated rings. The molecule has 0 N–H and O–H groups in total. The van der Waals surface area contributed by atoms with E-state index in [1.54, 1.807) is 6.92 Å². The lowest BCUT2D eigenvalue weighted by Gasteiger charge is -2.08. The standard InChI is InChI=1S/C13H13NO6/c1-2-20-13(17)11(8-15)12(16)7-9-3-5-10(6-4-9)14(18)19/h3-6,8,11H,2,7H2,1H3. The van der Waals surface area contributed by atoms with Gasteiger partial charge in [0, 0.05) is 18.6 Å². The summed E-state index contributed by atoms with van der Waals surface area (Å²) >= 11 is 0. The maximum Gasteiger partial charge on any atom is 0.323 e. The second-order valence-corrected chi connectivity index (χ2v) is 3.93. The van der Waals surface area contributed by atoms with E-state index in [-0.39, 0.29) is 25.0 Å². The first-order chi connectivity index (χ1) is 9.49. The number of ether oxygens (including phenoxy) is 1. The molecule has 0 amide bonds. The van der Waals surface area contributed by atoms with Crippen molar-refractivity contribution in [1.82, 2.24) is 0 Å². The molecule has 0 radical (unpaired) electrons. The highest BCUT2D eigenvalue weighted by Crippen LogP contribution is 2.13. The van der Waals surface area contributed by atoms with Crippen LogP contribution in [0.15, 0.2) is 24.3 Å². The topological polar surface area (TPSA) is 104 Å². The van der Waals surface area contributed by atoms with E-state index in [2.05, 4.69) is 4.74 Å². The minimum atomic E-state index is -1.45. The number of hydrogen-bond acceptors (Lipinski definition) is 6. The minimum Gasteiger partial charge on any atom is -0.465 e. The Balaban J connectivity index is 2.75. The third-order valence-corrected chi connectivity index (χ3v) is 2.55. The number of esters is 1. The Hall–Kier alpha value is -2.57. The van der Waals surface area contributed by atoms with Crippen molar-refractivity contribution < 1.29 is 24.0 Å². The molecule has 0 spiro atoms.